The highest BCUT2D eigenvalue weighted by atomic mass is 32.1. The highest BCUT2D eigenvalue weighted by Gasteiger charge is 2.09. The summed E-state index contributed by atoms with van der Waals surface area (Å²) in [7, 11) is 0. The highest BCUT2D eigenvalue weighted by molar-refractivity contribution is 8.11. The molecule has 0 saturated carbocycles. The van der Waals surface area contributed by atoms with Gasteiger partial charge in [-0.05, 0) is 5.56 Å². The van der Waals surface area contributed by atoms with Gasteiger partial charge in [0.15, 0.2) is 6.29 Å². The molecule has 0 aliphatic rings. The fraction of sp³-hybridized carbons (Fsp3) is 0.0833. The lowest BCUT2D eigenvalue weighted by molar-refractivity contribution is 0.111. The van der Waals surface area contributed by atoms with Crippen molar-refractivity contribution in [1.29, 1.82) is 0 Å². The summed E-state index contributed by atoms with van der Waals surface area (Å²) in [4.78, 5) is 14.9. The van der Waals surface area contributed by atoms with E-state index in [9.17, 15) is 4.79 Å². The molecular formula is C12H10N2OS2. The molecule has 0 atom stereocenters. The summed E-state index contributed by atoms with van der Waals surface area (Å²) in [6.45, 7) is 0. The van der Waals surface area contributed by atoms with Crippen LogP contribution in [0.25, 0.3) is 0 Å². The van der Waals surface area contributed by atoms with Crippen LogP contribution >= 0.6 is 24.8 Å². The molecule has 1 aromatic heterocycles. The Morgan fingerprint density at radius 3 is 2.71 bits per heavy atom. The van der Waals surface area contributed by atoms with Crippen molar-refractivity contribution in [3.05, 3.63) is 53.6 Å². The second kappa shape index (κ2) is 5.25. The van der Waals surface area contributed by atoms with Crippen LogP contribution in [-0.2, 0) is 6.42 Å². The van der Waals surface area contributed by atoms with Gasteiger partial charge in [-0.15, -0.1) is 12.6 Å². The van der Waals surface area contributed by atoms with E-state index in [1.807, 2.05) is 30.3 Å². The molecule has 86 valence electrons. The lowest BCUT2D eigenvalue weighted by atomic mass is 10.1. The largest absolute Gasteiger partial charge is 0.296 e. The van der Waals surface area contributed by atoms with Gasteiger partial charge in [-0.2, -0.15) is 0 Å². The SMILES string of the molecule is O=Cc1cn(C(=S)S)c(Cc2ccccc2)n1. The molecule has 0 unspecified atom stereocenters. The van der Waals surface area contributed by atoms with Crippen molar-refractivity contribution in [3.63, 3.8) is 0 Å². The topological polar surface area (TPSA) is 34.9 Å². The molecule has 0 N–H and O–H groups in total. The molecule has 1 heterocycles. The van der Waals surface area contributed by atoms with Crippen LogP contribution in [0.15, 0.2) is 36.5 Å². The quantitative estimate of drug-likeness (QED) is 0.524. The molecule has 3 nitrogen and oxygen atoms in total. The van der Waals surface area contributed by atoms with Crippen molar-refractivity contribution in [1.82, 2.24) is 9.55 Å². The zero-order chi connectivity index (χ0) is 12.3. The average molecular weight is 262 g/mol. The molecule has 0 saturated heterocycles. The molecule has 0 radical (unpaired) electrons. The summed E-state index contributed by atoms with van der Waals surface area (Å²) in [5.41, 5.74) is 1.48. The zero-order valence-corrected chi connectivity index (χ0v) is 10.6. The molecule has 0 bridgehead atoms. The summed E-state index contributed by atoms with van der Waals surface area (Å²) < 4.78 is 2.03. The Labute approximate surface area is 110 Å². The Bertz CT molecular complexity index is 549. The third-order valence-corrected chi connectivity index (χ3v) is 2.74. The van der Waals surface area contributed by atoms with E-state index in [1.165, 1.54) is 0 Å². The number of carbonyl (C=O) groups is 1. The lowest BCUT2D eigenvalue weighted by Crippen LogP contribution is -2.06. The van der Waals surface area contributed by atoms with E-state index in [2.05, 4.69) is 17.6 Å². The summed E-state index contributed by atoms with van der Waals surface area (Å²) in [6, 6.07) is 9.88. The predicted molar refractivity (Wildman–Crippen MR) is 73.8 cm³/mol. The van der Waals surface area contributed by atoms with Crippen molar-refractivity contribution in [3.8, 4) is 0 Å². The number of thiocarbonyl (C=S) groups is 1. The van der Waals surface area contributed by atoms with E-state index in [4.69, 9.17) is 12.2 Å². The molecule has 2 rings (SSSR count). The summed E-state index contributed by atoms with van der Waals surface area (Å²) in [5, 5.41) is 0. The smallest absolute Gasteiger partial charge is 0.170 e. The van der Waals surface area contributed by atoms with E-state index in [-0.39, 0.29) is 0 Å². The first-order valence-corrected chi connectivity index (χ1v) is 5.87. The maximum atomic E-state index is 10.7. The van der Waals surface area contributed by atoms with Gasteiger partial charge in [-0.25, -0.2) is 4.98 Å². The van der Waals surface area contributed by atoms with Gasteiger partial charge in [-0.1, -0.05) is 42.5 Å². The summed E-state index contributed by atoms with van der Waals surface area (Å²) in [6.07, 6.45) is 2.92. The second-order valence-electron chi connectivity index (χ2n) is 3.51. The van der Waals surface area contributed by atoms with E-state index < -0.39 is 0 Å². The van der Waals surface area contributed by atoms with Crippen LogP contribution in [0.1, 0.15) is 21.9 Å². The fourth-order valence-electron chi connectivity index (χ4n) is 1.56. The lowest BCUT2D eigenvalue weighted by Gasteiger charge is -2.04. The molecule has 0 amide bonds. The minimum absolute atomic E-state index is 0.368. The van der Waals surface area contributed by atoms with Crippen LogP contribution in [0.3, 0.4) is 0 Å². The standard InChI is InChI=1S/C12H10N2OS2/c15-8-10-7-14(12(16)17)11(13-10)6-9-4-2-1-3-5-9/h1-5,7-8H,6H2,(H,16,17). The van der Waals surface area contributed by atoms with Crippen LogP contribution in [0.2, 0.25) is 0 Å². The van der Waals surface area contributed by atoms with Gasteiger partial charge < -0.3 is 0 Å². The van der Waals surface area contributed by atoms with E-state index in [0.717, 1.165) is 11.4 Å². The molecule has 0 aliphatic heterocycles. The normalized spacial score (nSPS) is 10.2. The molecule has 17 heavy (non-hydrogen) atoms. The predicted octanol–water partition coefficient (Wildman–Crippen LogP) is 2.35. The first kappa shape index (κ1) is 12.0. The number of hydrogen-bond acceptors (Lipinski definition) is 3. The first-order valence-electron chi connectivity index (χ1n) is 5.01. The molecule has 2 aromatic rings. The molecular weight excluding hydrogens is 252 g/mol. The minimum Gasteiger partial charge on any atom is -0.296 e. The van der Waals surface area contributed by atoms with Crippen molar-refractivity contribution in [2.75, 3.05) is 0 Å². The van der Waals surface area contributed by atoms with Gasteiger partial charge in [0.2, 0.25) is 0 Å². The van der Waals surface area contributed by atoms with Gasteiger partial charge >= 0.3 is 0 Å². The summed E-state index contributed by atoms with van der Waals surface area (Å²) in [5.74, 6) is 0.721. The van der Waals surface area contributed by atoms with Crippen LogP contribution in [-0.4, -0.2) is 20.2 Å². The number of rotatable bonds is 3. The van der Waals surface area contributed by atoms with Crippen LogP contribution in [0, 0.1) is 0 Å². The molecule has 1 aromatic carbocycles. The highest BCUT2D eigenvalue weighted by Crippen LogP contribution is 2.10. The van der Waals surface area contributed by atoms with Gasteiger partial charge in [0.25, 0.3) is 0 Å². The Hall–Kier alpha value is -1.46. The number of benzene rings is 1. The third kappa shape index (κ3) is 2.81. The van der Waals surface area contributed by atoms with Crippen molar-refractivity contribution in [2.45, 2.75) is 6.42 Å². The number of hydrogen-bond donors (Lipinski definition) is 1. The second-order valence-corrected chi connectivity index (χ2v) is 4.63. The Balaban J connectivity index is 2.35. The maximum absolute atomic E-state index is 10.7. The number of aromatic nitrogens is 2. The number of nitrogens with zero attached hydrogens (tertiary/aromatic N) is 2. The number of imidazole rings is 1. The third-order valence-electron chi connectivity index (χ3n) is 2.33. The number of carbonyl (C=O) groups excluding carboxylic acids is 1. The van der Waals surface area contributed by atoms with E-state index in [0.29, 0.717) is 22.7 Å². The molecule has 0 spiro atoms. The van der Waals surface area contributed by atoms with Crippen molar-refractivity contribution >= 4 is 35.5 Å². The number of aldehydes is 1. The summed E-state index contributed by atoms with van der Waals surface area (Å²) >= 11 is 9.11. The average Bonchev–Trinajstić information content (AvgIpc) is 2.74. The van der Waals surface area contributed by atoms with Gasteiger partial charge in [0.1, 0.15) is 15.8 Å². The maximum Gasteiger partial charge on any atom is 0.170 e. The monoisotopic (exact) mass is 262 g/mol. The number of thiol groups is 1. The Morgan fingerprint density at radius 1 is 1.41 bits per heavy atom. The fourth-order valence-corrected chi connectivity index (χ4v) is 1.90. The van der Waals surface area contributed by atoms with Crippen LogP contribution in [0.5, 0.6) is 0 Å². The minimum atomic E-state index is 0.368. The molecule has 5 heteroatoms. The zero-order valence-electron chi connectivity index (χ0n) is 8.91. The molecule has 0 fully saturated rings. The van der Waals surface area contributed by atoms with Crippen LogP contribution < -0.4 is 0 Å². The Kier molecular flexibility index (Phi) is 3.71. The molecule has 0 aliphatic carbocycles. The van der Waals surface area contributed by atoms with Gasteiger partial charge in [-0.3, -0.25) is 9.36 Å². The van der Waals surface area contributed by atoms with Gasteiger partial charge in [0.05, 0.1) is 0 Å². The van der Waals surface area contributed by atoms with Gasteiger partial charge in [0, 0.05) is 12.6 Å². The van der Waals surface area contributed by atoms with E-state index >= 15 is 0 Å². The Morgan fingerprint density at radius 2 is 2.12 bits per heavy atom. The first-order chi connectivity index (χ1) is 8.20. The van der Waals surface area contributed by atoms with Crippen molar-refractivity contribution in [2.24, 2.45) is 0 Å². The van der Waals surface area contributed by atoms with Crippen LogP contribution in [0.4, 0.5) is 0 Å². The van der Waals surface area contributed by atoms with Crippen molar-refractivity contribution < 1.29 is 4.79 Å². The van der Waals surface area contributed by atoms with E-state index in [1.54, 1.807) is 10.8 Å².